The van der Waals surface area contributed by atoms with Crippen LogP contribution in [0.25, 0.3) is 10.4 Å². The highest BCUT2D eigenvalue weighted by Crippen LogP contribution is 2.23. The number of azide groups is 1. The molecule has 0 spiro atoms. The summed E-state index contributed by atoms with van der Waals surface area (Å²) < 4.78 is 13.2. The topological polar surface area (TPSA) is 69.0 Å². The summed E-state index contributed by atoms with van der Waals surface area (Å²) in [7, 11) is 0. The highest BCUT2D eigenvalue weighted by atomic mass is 35.5. The molecule has 1 rings (SSSR count). The van der Waals surface area contributed by atoms with Crippen molar-refractivity contribution in [3.05, 3.63) is 45.0 Å². The number of nitrogens with zero attached hydrogens (tertiary/aromatic N) is 3. The minimum absolute atomic E-state index is 0.134. The molecule has 1 aromatic carbocycles. The van der Waals surface area contributed by atoms with Gasteiger partial charge in [0.1, 0.15) is 5.82 Å². The fourth-order valence-corrected chi connectivity index (χ4v) is 1.19. The van der Waals surface area contributed by atoms with E-state index in [0.717, 1.165) is 6.07 Å². The molecule has 0 aromatic heterocycles. The van der Waals surface area contributed by atoms with Crippen LogP contribution >= 0.6 is 11.6 Å². The van der Waals surface area contributed by atoms with E-state index in [1.54, 1.807) is 0 Å². The highest BCUT2D eigenvalue weighted by molar-refractivity contribution is 6.30. The van der Waals surface area contributed by atoms with Crippen LogP contribution in [0.1, 0.15) is 11.6 Å². The Labute approximate surface area is 84.6 Å². The van der Waals surface area contributed by atoms with Gasteiger partial charge >= 0.3 is 0 Å². The number of rotatable bonds is 3. The van der Waals surface area contributed by atoms with Gasteiger partial charge in [0, 0.05) is 9.93 Å². The van der Waals surface area contributed by atoms with Crippen molar-refractivity contribution >= 4 is 11.6 Å². The van der Waals surface area contributed by atoms with E-state index in [2.05, 4.69) is 10.0 Å². The molecule has 1 atom stereocenters. The van der Waals surface area contributed by atoms with Gasteiger partial charge in [-0.25, -0.2) is 4.39 Å². The number of benzene rings is 1. The molecule has 0 aliphatic rings. The Morgan fingerprint density at radius 1 is 1.64 bits per heavy atom. The lowest BCUT2D eigenvalue weighted by Crippen LogP contribution is -2.02. The van der Waals surface area contributed by atoms with Gasteiger partial charge in [-0.3, -0.25) is 0 Å². The standard InChI is InChI=1S/C8H7ClFN3O/c9-5-1-2-6(7(10)3-5)8(4-14)12-13-11/h1-3,8,14H,4H2. The average Bonchev–Trinajstić information content (AvgIpc) is 2.15. The first-order valence-electron chi connectivity index (χ1n) is 3.79. The van der Waals surface area contributed by atoms with Gasteiger partial charge in [0.2, 0.25) is 0 Å². The smallest absolute Gasteiger partial charge is 0.128 e. The molecule has 0 aliphatic carbocycles. The Morgan fingerprint density at radius 2 is 2.36 bits per heavy atom. The molecule has 0 heterocycles. The lowest BCUT2D eigenvalue weighted by molar-refractivity contribution is 0.265. The van der Waals surface area contributed by atoms with Gasteiger partial charge in [-0.2, -0.15) is 0 Å². The minimum atomic E-state index is -0.905. The predicted octanol–water partition coefficient (Wildman–Crippen LogP) is 2.82. The quantitative estimate of drug-likeness (QED) is 0.470. The third-order valence-electron chi connectivity index (χ3n) is 1.69. The van der Waals surface area contributed by atoms with E-state index in [-0.39, 0.29) is 10.6 Å². The largest absolute Gasteiger partial charge is 0.396 e. The van der Waals surface area contributed by atoms with Crippen molar-refractivity contribution in [1.82, 2.24) is 0 Å². The van der Waals surface area contributed by atoms with Crippen LogP contribution in [-0.4, -0.2) is 11.7 Å². The van der Waals surface area contributed by atoms with Gasteiger partial charge in [-0.1, -0.05) is 22.8 Å². The molecule has 0 fully saturated rings. The van der Waals surface area contributed by atoms with Gasteiger partial charge in [0.15, 0.2) is 0 Å². The van der Waals surface area contributed by atoms with Crippen molar-refractivity contribution in [2.24, 2.45) is 5.11 Å². The highest BCUT2D eigenvalue weighted by Gasteiger charge is 2.13. The van der Waals surface area contributed by atoms with Crippen molar-refractivity contribution in [3.8, 4) is 0 Å². The molecular formula is C8H7ClFN3O. The van der Waals surface area contributed by atoms with Crippen LogP contribution in [0.4, 0.5) is 4.39 Å². The van der Waals surface area contributed by atoms with E-state index in [1.807, 2.05) is 0 Å². The summed E-state index contributed by atoms with van der Waals surface area (Å²) in [6, 6.07) is 3.05. The molecule has 1 N–H and O–H groups in total. The van der Waals surface area contributed by atoms with Gasteiger partial charge < -0.3 is 5.11 Å². The van der Waals surface area contributed by atoms with Crippen LogP contribution in [0.5, 0.6) is 0 Å². The number of hydrogen-bond donors (Lipinski definition) is 1. The zero-order chi connectivity index (χ0) is 10.6. The van der Waals surface area contributed by atoms with Gasteiger partial charge in [-0.05, 0) is 23.2 Å². The molecule has 0 radical (unpaired) electrons. The van der Waals surface area contributed by atoms with Crippen molar-refractivity contribution in [3.63, 3.8) is 0 Å². The van der Waals surface area contributed by atoms with E-state index in [0.29, 0.717) is 0 Å². The van der Waals surface area contributed by atoms with E-state index >= 15 is 0 Å². The summed E-state index contributed by atoms with van der Waals surface area (Å²) in [6.45, 7) is -0.442. The van der Waals surface area contributed by atoms with Crippen LogP contribution in [0.2, 0.25) is 5.02 Å². The predicted molar refractivity (Wildman–Crippen MR) is 50.4 cm³/mol. The molecule has 14 heavy (non-hydrogen) atoms. The summed E-state index contributed by atoms with van der Waals surface area (Å²) >= 11 is 5.54. The SMILES string of the molecule is [N-]=[N+]=NC(CO)c1ccc(Cl)cc1F. The van der Waals surface area contributed by atoms with Gasteiger partial charge in [0.05, 0.1) is 12.6 Å². The summed E-state index contributed by atoms with van der Waals surface area (Å²) in [6.07, 6.45) is 0. The zero-order valence-electron chi connectivity index (χ0n) is 7.06. The fourth-order valence-electron chi connectivity index (χ4n) is 1.03. The summed E-state index contributed by atoms with van der Waals surface area (Å²) in [5.41, 5.74) is 8.31. The summed E-state index contributed by atoms with van der Waals surface area (Å²) in [5.74, 6) is -0.594. The molecule has 6 heteroatoms. The monoisotopic (exact) mass is 215 g/mol. The first kappa shape index (κ1) is 10.8. The number of aliphatic hydroxyl groups excluding tert-OH is 1. The van der Waals surface area contributed by atoms with Crippen molar-refractivity contribution in [2.45, 2.75) is 6.04 Å². The molecule has 0 aliphatic heterocycles. The summed E-state index contributed by atoms with van der Waals surface area (Å²) in [4.78, 5) is 2.51. The molecule has 74 valence electrons. The van der Waals surface area contributed by atoms with Crippen LogP contribution < -0.4 is 0 Å². The van der Waals surface area contributed by atoms with E-state index in [1.165, 1.54) is 12.1 Å². The number of hydrogen-bond acceptors (Lipinski definition) is 2. The van der Waals surface area contributed by atoms with Crippen molar-refractivity contribution < 1.29 is 9.50 Å². The van der Waals surface area contributed by atoms with Crippen LogP contribution in [0.3, 0.4) is 0 Å². The number of halogens is 2. The first-order chi connectivity index (χ1) is 6.69. The maximum atomic E-state index is 13.2. The molecule has 0 saturated heterocycles. The first-order valence-corrected chi connectivity index (χ1v) is 4.17. The van der Waals surface area contributed by atoms with E-state index in [9.17, 15) is 4.39 Å². The van der Waals surface area contributed by atoms with Gasteiger partial charge in [-0.15, -0.1) is 0 Å². The Kier molecular flexibility index (Phi) is 3.71. The Hall–Kier alpha value is -1.29. The second-order valence-corrected chi connectivity index (χ2v) is 3.01. The zero-order valence-corrected chi connectivity index (χ0v) is 7.82. The third-order valence-corrected chi connectivity index (χ3v) is 1.92. The maximum Gasteiger partial charge on any atom is 0.128 e. The summed E-state index contributed by atoms with van der Waals surface area (Å²) in [5, 5.41) is 12.3. The van der Waals surface area contributed by atoms with Crippen molar-refractivity contribution in [1.29, 1.82) is 0 Å². The second-order valence-electron chi connectivity index (χ2n) is 2.57. The molecule has 0 bridgehead atoms. The Balaban J connectivity index is 3.10. The van der Waals surface area contributed by atoms with Crippen molar-refractivity contribution in [2.75, 3.05) is 6.61 Å². The minimum Gasteiger partial charge on any atom is -0.396 e. The van der Waals surface area contributed by atoms with Crippen LogP contribution in [-0.2, 0) is 0 Å². The molecule has 0 saturated carbocycles. The Morgan fingerprint density at radius 3 is 2.86 bits per heavy atom. The van der Waals surface area contributed by atoms with Crippen LogP contribution in [0.15, 0.2) is 23.3 Å². The second kappa shape index (κ2) is 4.81. The molecule has 1 unspecified atom stereocenters. The third kappa shape index (κ3) is 2.35. The fraction of sp³-hybridized carbons (Fsp3) is 0.250. The van der Waals surface area contributed by atoms with Gasteiger partial charge in [0.25, 0.3) is 0 Å². The maximum absolute atomic E-state index is 13.2. The number of aliphatic hydroxyl groups is 1. The lowest BCUT2D eigenvalue weighted by Gasteiger charge is -2.08. The molecular weight excluding hydrogens is 209 g/mol. The normalized spacial score (nSPS) is 11.9. The van der Waals surface area contributed by atoms with Crippen LogP contribution in [0, 0.1) is 5.82 Å². The average molecular weight is 216 g/mol. The van der Waals surface area contributed by atoms with E-state index < -0.39 is 18.5 Å². The molecule has 0 amide bonds. The molecule has 1 aromatic rings. The lowest BCUT2D eigenvalue weighted by atomic mass is 10.1. The molecule has 4 nitrogen and oxygen atoms in total. The van der Waals surface area contributed by atoms with E-state index in [4.69, 9.17) is 22.2 Å². The Bertz CT molecular complexity index is 379.